The zero-order chi connectivity index (χ0) is 13.0. The summed E-state index contributed by atoms with van der Waals surface area (Å²) >= 11 is 0. The average molecular weight is 242 g/mol. The Kier molecular flexibility index (Phi) is 3.60. The van der Waals surface area contributed by atoms with Crippen molar-refractivity contribution in [1.82, 2.24) is 0 Å². The lowest BCUT2D eigenvalue weighted by Gasteiger charge is -2.06. The second kappa shape index (κ2) is 5.33. The van der Waals surface area contributed by atoms with Gasteiger partial charge in [-0.05, 0) is 35.4 Å². The van der Waals surface area contributed by atoms with E-state index >= 15 is 0 Å². The molecule has 0 unspecified atom stereocenters. The van der Waals surface area contributed by atoms with Gasteiger partial charge in [-0.15, -0.1) is 0 Å². The summed E-state index contributed by atoms with van der Waals surface area (Å²) in [6, 6.07) is 15.0. The van der Waals surface area contributed by atoms with Crippen molar-refractivity contribution in [1.29, 1.82) is 0 Å². The fraction of sp³-hybridized carbons (Fsp3) is 0.0714. The van der Waals surface area contributed by atoms with Gasteiger partial charge in [-0.2, -0.15) is 0 Å². The SMILES string of the molecule is CC(=O)Nc1ccc(-c2ccc(NO)cc2)cc1. The Hall–Kier alpha value is -2.33. The number of rotatable bonds is 3. The maximum atomic E-state index is 10.9. The third kappa shape index (κ3) is 2.87. The minimum absolute atomic E-state index is 0.0823. The van der Waals surface area contributed by atoms with Crippen LogP contribution in [0.2, 0.25) is 0 Å². The third-order valence-corrected chi connectivity index (χ3v) is 2.55. The van der Waals surface area contributed by atoms with Gasteiger partial charge in [-0.25, -0.2) is 0 Å². The molecule has 0 saturated carbocycles. The van der Waals surface area contributed by atoms with E-state index in [4.69, 9.17) is 5.21 Å². The molecule has 4 nitrogen and oxygen atoms in total. The fourth-order valence-electron chi connectivity index (χ4n) is 1.69. The summed E-state index contributed by atoms with van der Waals surface area (Å²) in [6.45, 7) is 1.48. The Labute approximate surface area is 105 Å². The number of benzene rings is 2. The molecule has 0 aliphatic rings. The van der Waals surface area contributed by atoms with E-state index in [9.17, 15) is 4.79 Å². The first-order chi connectivity index (χ1) is 8.69. The van der Waals surface area contributed by atoms with Crippen molar-refractivity contribution in [3.05, 3.63) is 48.5 Å². The first-order valence-corrected chi connectivity index (χ1v) is 5.57. The highest BCUT2D eigenvalue weighted by Gasteiger charge is 1.99. The zero-order valence-electron chi connectivity index (χ0n) is 9.97. The molecule has 0 aliphatic heterocycles. The Morgan fingerprint density at radius 2 is 1.33 bits per heavy atom. The Morgan fingerprint density at radius 3 is 1.72 bits per heavy atom. The molecule has 18 heavy (non-hydrogen) atoms. The van der Waals surface area contributed by atoms with Crippen molar-refractivity contribution in [2.45, 2.75) is 6.92 Å². The molecule has 4 heteroatoms. The number of carbonyl (C=O) groups is 1. The van der Waals surface area contributed by atoms with Crippen LogP contribution < -0.4 is 10.8 Å². The number of hydrogen-bond donors (Lipinski definition) is 3. The molecule has 2 aromatic rings. The first kappa shape index (κ1) is 12.1. The quantitative estimate of drug-likeness (QED) is 0.725. The van der Waals surface area contributed by atoms with Gasteiger partial charge in [-0.1, -0.05) is 24.3 Å². The average Bonchev–Trinajstić information content (AvgIpc) is 2.39. The fourth-order valence-corrected chi connectivity index (χ4v) is 1.69. The molecule has 2 aromatic carbocycles. The summed E-state index contributed by atoms with van der Waals surface area (Å²) in [7, 11) is 0. The largest absolute Gasteiger partial charge is 0.326 e. The van der Waals surface area contributed by atoms with Crippen molar-refractivity contribution >= 4 is 17.3 Å². The highest BCUT2D eigenvalue weighted by Crippen LogP contribution is 2.22. The van der Waals surface area contributed by atoms with E-state index in [1.807, 2.05) is 36.4 Å². The van der Waals surface area contributed by atoms with Gasteiger partial charge in [0.25, 0.3) is 0 Å². The lowest BCUT2D eigenvalue weighted by molar-refractivity contribution is -0.114. The number of carbonyl (C=O) groups excluding carboxylic acids is 1. The first-order valence-electron chi connectivity index (χ1n) is 5.57. The van der Waals surface area contributed by atoms with Gasteiger partial charge >= 0.3 is 0 Å². The van der Waals surface area contributed by atoms with Crippen LogP contribution in [0.3, 0.4) is 0 Å². The highest BCUT2D eigenvalue weighted by atomic mass is 16.5. The van der Waals surface area contributed by atoms with Crippen molar-refractivity contribution in [3.63, 3.8) is 0 Å². The Balaban J connectivity index is 2.20. The van der Waals surface area contributed by atoms with Gasteiger partial charge in [0.15, 0.2) is 0 Å². The van der Waals surface area contributed by atoms with E-state index in [0.717, 1.165) is 16.8 Å². The minimum Gasteiger partial charge on any atom is -0.326 e. The van der Waals surface area contributed by atoms with Crippen molar-refractivity contribution in [3.8, 4) is 11.1 Å². The molecule has 0 aromatic heterocycles. The smallest absolute Gasteiger partial charge is 0.221 e. The lowest BCUT2D eigenvalue weighted by Crippen LogP contribution is -2.05. The molecule has 0 heterocycles. The lowest BCUT2D eigenvalue weighted by atomic mass is 10.1. The van der Waals surface area contributed by atoms with E-state index in [1.54, 1.807) is 12.1 Å². The second-order valence-corrected chi connectivity index (χ2v) is 3.95. The van der Waals surface area contributed by atoms with Crippen LogP contribution in [-0.2, 0) is 4.79 Å². The van der Waals surface area contributed by atoms with Crippen LogP contribution in [0.25, 0.3) is 11.1 Å². The van der Waals surface area contributed by atoms with Crippen LogP contribution in [0.5, 0.6) is 0 Å². The van der Waals surface area contributed by atoms with E-state index in [0.29, 0.717) is 5.69 Å². The van der Waals surface area contributed by atoms with Gasteiger partial charge in [-0.3, -0.25) is 15.5 Å². The molecule has 0 fully saturated rings. The third-order valence-electron chi connectivity index (χ3n) is 2.55. The molecule has 0 radical (unpaired) electrons. The summed E-state index contributed by atoms with van der Waals surface area (Å²) < 4.78 is 0. The van der Waals surface area contributed by atoms with Crippen LogP contribution in [0.1, 0.15) is 6.92 Å². The second-order valence-electron chi connectivity index (χ2n) is 3.95. The highest BCUT2D eigenvalue weighted by molar-refractivity contribution is 5.89. The molecular weight excluding hydrogens is 228 g/mol. The summed E-state index contributed by atoms with van der Waals surface area (Å²) in [5.74, 6) is -0.0823. The normalized spacial score (nSPS) is 9.89. The maximum Gasteiger partial charge on any atom is 0.221 e. The summed E-state index contributed by atoms with van der Waals surface area (Å²) in [6.07, 6.45) is 0. The maximum absolute atomic E-state index is 10.9. The van der Waals surface area contributed by atoms with Crippen molar-refractivity contribution in [2.75, 3.05) is 10.8 Å². The van der Waals surface area contributed by atoms with E-state index in [2.05, 4.69) is 10.8 Å². The molecular formula is C14H14N2O2. The predicted octanol–water partition coefficient (Wildman–Crippen LogP) is 3.11. The van der Waals surface area contributed by atoms with Crippen molar-refractivity contribution < 1.29 is 10.0 Å². The molecule has 2 rings (SSSR count). The van der Waals surface area contributed by atoms with E-state index in [1.165, 1.54) is 6.92 Å². The number of anilines is 2. The van der Waals surface area contributed by atoms with Crippen LogP contribution in [0.4, 0.5) is 11.4 Å². The standard InChI is InChI=1S/C14H14N2O2/c1-10(17)15-13-6-2-11(3-7-13)12-4-8-14(16-18)9-5-12/h2-9,16,18H,1H3,(H,15,17). The minimum atomic E-state index is -0.0823. The Morgan fingerprint density at radius 1 is 0.889 bits per heavy atom. The van der Waals surface area contributed by atoms with Crippen LogP contribution in [0.15, 0.2) is 48.5 Å². The van der Waals surface area contributed by atoms with Gasteiger partial charge in [0.1, 0.15) is 0 Å². The van der Waals surface area contributed by atoms with Gasteiger partial charge < -0.3 is 5.32 Å². The monoisotopic (exact) mass is 242 g/mol. The van der Waals surface area contributed by atoms with E-state index in [-0.39, 0.29) is 5.91 Å². The molecule has 3 N–H and O–H groups in total. The van der Waals surface area contributed by atoms with Gasteiger partial charge in [0, 0.05) is 12.6 Å². The van der Waals surface area contributed by atoms with E-state index < -0.39 is 0 Å². The van der Waals surface area contributed by atoms with Gasteiger partial charge in [0.2, 0.25) is 5.91 Å². The molecule has 0 spiro atoms. The molecule has 92 valence electrons. The van der Waals surface area contributed by atoms with Crippen LogP contribution in [0, 0.1) is 0 Å². The number of hydrogen-bond acceptors (Lipinski definition) is 3. The molecule has 0 aliphatic carbocycles. The van der Waals surface area contributed by atoms with Crippen LogP contribution >= 0.6 is 0 Å². The Bertz CT molecular complexity index is 533. The van der Waals surface area contributed by atoms with Gasteiger partial charge in [0.05, 0.1) is 5.69 Å². The summed E-state index contributed by atoms with van der Waals surface area (Å²) in [4.78, 5) is 10.9. The topological polar surface area (TPSA) is 61.4 Å². The molecule has 0 bridgehead atoms. The number of nitrogens with one attached hydrogen (secondary N) is 2. The van der Waals surface area contributed by atoms with Crippen molar-refractivity contribution in [2.24, 2.45) is 0 Å². The zero-order valence-corrected chi connectivity index (χ0v) is 9.97. The molecule has 0 atom stereocenters. The summed E-state index contributed by atoms with van der Waals surface area (Å²) in [5, 5.41) is 11.4. The molecule has 0 saturated heterocycles. The van der Waals surface area contributed by atoms with Crippen LogP contribution in [-0.4, -0.2) is 11.1 Å². The predicted molar refractivity (Wildman–Crippen MR) is 71.6 cm³/mol. The summed E-state index contributed by atoms with van der Waals surface area (Å²) in [5.41, 5.74) is 5.61. The molecule has 1 amide bonds. The number of amides is 1.